The van der Waals surface area contributed by atoms with Gasteiger partial charge in [-0.05, 0) is 39.2 Å². The zero-order valence-corrected chi connectivity index (χ0v) is 11.5. The minimum Gasteiger partial charge on any atom is -0.298 e. The van der Waals surface area contributed by atoms with Crippen molar-refractivity contribution in [3.63, 3.8) is 0 Å². The molecule has 0 bridgehead atoms. The number of hydrogen-bond acceptors (Lipinski definition) is 2. The topological polar surface area (TPSA) is 34.1 Å². The fraction of sp³-hybridized carbons (Fsp3) is 0.200. The number of hydrogen-bond donors (Lipinski definition) is 0. The Morgan fingerprint density at radius 1 is 1.33 bits per heavy atom. The van der Waals surface area contributed by atoms with Crippen LogP contribution in [0.15, 0.2) is 22.7 Å². The summed E-state index contributed by atoms with van der Waals surface area (Å²) in [7, 11) is 0. The zero-order valence-electron chi connectivity index (χ0n) is 7.60. The number of halogens is 3. The zero-order chi connectivity index (χ0) is 11.4. The van der Waals surface area contributed by atoms with Gasteiger partial charge in [0.1, 0.15) is 5.78 Å². The average molecular weight is 354 g/mol. The van der Waals surface area contributed by atoms with Crippen LogP contribution in [-0.4, -0.2) is 16.4 Å². The van der Waals surface area contributed by atoms with Gasteiger partial charge in [0.25, 0.3) is 5.24 Å². The summed E-state index contributed by atoms with van der Waals surface area (Å²) in [6.45, 7) is 0. The molecule has 2 nitrogen and oxygen atoms in total. The highest BCUT2D eigenvalue weighted by molar-refractivity contribution is 9.10. The number of carbonyl (C=O) groups excluding carboxylic acids is 2. The number of carbonyl (C=O) groups is 2. The van der Waals surface area contributed by atoms with Crippen LogP contribution in [0.3, 0.4) is 0 Å². The van der Waals surface area contributed by atoms with E-state index >= 15 is 0 Å². The highest BCUT2D eigenvalue weighted by atomic mass is 79.9. The van der Waals surface area contributed by atoms with Gasteiger partial charge in [-0.15, -0.1) is 0 Å². The Balaban J connectivity index is 3.04. The van der Waals surface area contributed by atoms with Crippen molar-refractivity contribution in [2.75, 3.05) is 5.33 Å². The Morgan fingerprint density at radius 2 is 2.00 bits per heavy atom. The van der Waals surface area contributed by atoms with E-state index in [9.17, 15) is 9.59 Å². The molecule has 0 amide bonds. The van der Waals surface area contributed by atoms with Gasteiger partial charge in [0.2, 0.25) is 0 Å². The largest absolute Gasteiger partial charge is 0.298 e. The van der Waals surface area contributed by atoms with Gasteiger partial charge in [0.15, 0.2) is 0 Å². The highest BCUT2D eigenvalue weighted by Gasteiger charge is 2.12. The molecule has 0 aromatic heterocycles. The van der Waals surface area contributed by atoms with Crippen molar-refractivity contribution in [3.8, 4) is 0 Å². The number of benzene rings is 1. The lowest BCUT2D eigenvalue weighted by Gasteiger charge is -2.05. The molecule has 1 rings (SSSR count). The fourth-order valence-corrected chi connectivity index (χ4v) is 2.18. The maximum absolute atomic E-state index is 11.2. The SMILES string of the molecule is O=C(CBr)Cc1cccc(C(=O)Cl)c1Br. The molecule has 0 atom stereocenters. The molecule has 0 radical (unpaired) electrons. The normalized spacial score (nSPS) is 10.1. The van der Waals surface area contributed by atoms with Crippen LogP contribution >= 0.6 is 43.5 Å². The van der Waals surface area contributed by atoms with Gasteiger partial charge in [-0.1, -0.05) is 28.1 Å². The van der Waals surface area contributed by atoms with Gasteiger partial charge in [0.05, 0.1) is 5.33 Å². The Hall–Kier alpha value is -0.190. The standard InChI is InChI=1S/C10H7Br2ClO2/c11-5-7(14)4-6-2-1-3-8(9(6)12)10(13)15/h1-3H,4-5H2. The van der Waals surface area contributed by atoms with Crippen LogP contribution in [0.2, 0.25) is 0 Å². The van der Waals surface area contributed by atoms with Crippen LogP contribution in [0.1, 0.15) is 15.9 Å². The molecule has 0 unspecified atom stereocenters. The van der Waals surface area contributed by atoms with Crippen LogP contribution in [-0.2, 0) is 11.2 Å². The predicted octanol–water partition coefficient (Wildman–Crippen LogP) is 3.33. The van der Waals surface area contributed by atoms with Gasteiger partial charge in [-0.2, -0.15) is 0 Å². The van der Waals surface area contributed by atoms with Gasteiger partial charge >= 0.3 is 0 Å². The first-order chi connectivity index (χ1) is 7.06. The van der Waals surface area contributed by atoms with Gasteiger partial charge < -0.3 is 0 Å². The molecule has 1 aromatic carbocycles. The number of ketones is 1. The first-order valence-corrected chi connectivity index (χ1v) is 6.40. The van der Waals surface area contributed by atoms with Crippen molar-refractivity contribution in [1.82, 2.24) is 0 Å². The van der Waals surface area contributed by atoms with Crippen LogP contribution in [0.4, 0.5) is 0 Å². The molecule has 0 N–H and O–H groups in total. The summed E-state index contributed by atoms with van der Waals surface area (Å²) >= 11 is 11.7. The Kier molecular flexibility index (Phi) is 4.96. The monoisotopic (exact) mass is 352 g/mol. The van der Waals surface area contributed by atoms with Crippen molar-refractivity contribution in [1.29, 1.82) is 0 Å². The van der Waals surface area contributed by atoms with Crippen LogP contribution in [0.25, 0.3) is 0 Å². The predicted molar refractivity (Wildman–Crippen MR) is 66.8 cm³/mol. The van der Waals surface area contributed by atoms with Crippen molar-refractivity contribution in [2.24, 2.45) is 0 Å². The second-order valence-electron chi connectivity index (χ2n) is 2.90. The molecule has 80 valence electrons. The lowest BCUT2D eigenvalue weighted by atomic mass is 10.1. The molecular weight excluding hydrogens is 347 g/mol. The molecule has 0 aliphatic heterocycles. The lowest BCUT2D eigenvalue weighted by Crippen LogP contribution is -2.05. The third-order valence-electron chi connectivity index (χ3n) is 1.83. The number of Topliss-reactive ketones (excluding diaryl/α,β-unsaturated/α-hetero) is 1. The van der Waals surface area contributed by atoms with Gasteiger partial charge in [-0.3, -0.25) is 9.59 Å². The Morgan fingerprint density at radius 3 is 2.53 bits per heavy atom. The van der Waals surface area contributed by atoms with Crippen LogP contribution in [0.5, 0.6) is 0 Å². The first kappa shape index (κ1) is 12.9. The first-order valence-electron chi connectivity index (χ1n) is 4.11. The van der Waals surface area contributed by atoms with E-state index in [1.807, 2.05) is 0 Å². The summed E-state index contributed by atoms with van der Waals surface area (Å²) in [5.41, 5.74) is 1.16. The van der Waals surface area contributed by atoms with E-state index in [0.29, 0.717) is 15.4 Å². The van der Waals surface area contributed by atoms with Gasteiger partial charge in [-0.25, -0.2) is 0 Å². The van der Waals surface area contributed by atoms with Crippen molar-refractivity contribution < 1.29 is 9.59 Å². The van der Waals surface area contributed by atoms with E-state index in [-0.39, 0.29) is 12.2 Å². The van der Waals surface area contributed by atoms with Gasteiger partial charge in [0, 0.05) is 16.5 Å². The highest BCUT2D eigenvalue weighted by Crippen LogP contribution is 2.24. The molecular formula is C10H7Br2ClO2. The average Bonchev–Trinajstić information content (AvgIpc) is 2.20. The lowest BCUT2D eigenvalue weighted by molar-refractivity contribution is -0.115. The summed E-state index contributed by atoms with van der Waals surface area (Å²) in [6.07, 6.45) is 0.282. The molecule has 0 aliphatic carbocycles. The molecule has 1 aromatic rings. The Labute approximate surface area is 109 Å². The van der Waals surface area contributed by atoms with Crippen molar-refractivity contribution in [3.05, 3.63) is 33.8 Å². The van der Waals surface area contributed by atoms with E-state index in [4.69, 9.17) is 11.6 Å². The number of alkyl halides is 1. The molecule has 15 heavy (non-hydrogen) atoms. The van der Waals surface area contributed by atoms with E-state index < -0.39 is 5.24 Å². The molecule has 0 saturated carbocycles. The fourth-order valence-electron chi connectivity index (χ4n) is 1.13. The summed E-state index contributed by atoms with van der Waals surface area (Å²) in [6, 6.07) is 5.10. The van der Waals surface area contributed by atoms with Crippen LogP contribution < -0.4 is 0 Å². The smallest absolute Gasteiger partial charge is 0.253 e. The van der Waals surface area contributed by atoms with E-state index in [0.717, 1.165) is 5.56 Å². The van der Waals surface area contributed by atoms with E-state index in [1.54, 1.807) is 18.2 Å². The summed E-state index contributed by atoms with van der Waals surface area (Å²) < 4.78 is 0.597. The summed E-state index contributed by atoms with van der Waals surface area (Å²) in [5, 5.41) is -0.228. The van der Waals surface area contributed by atoms with Crippen LogP contribution in [0, 0.1) is 0 Å². The molecule has 5 heteroatoms. The second kappa shape index (κ2) is 5.77. The second-order valence-corrected chi connectivity index (χ2v) is 4.60. The summed E-state index contributed by atoms with van der Waals surface area (Å²) in [4.78, 5) is 22.2. The summed E-state index contributed by atoms with van der Waals surface area (Å²) in [5.74, 6) is 0.0508. The molecule has 0 fully saturated rings. The van der Waals surface area contributed by atoms with E-state index in [1.165, 1.54) is 0 Å². The maximum Gasteiger partial charge on any atom is 0.253 e. The maximum atomic E-state index is 11.2. The molecule has 0 spiro atoms. The molecule has 0 aliphatic rings. The quantitative estimate of drug-likeness (QED) is 0.614. The van der Waals surface area contributed by atoms with Crippen molar-refractivity contribution >= 4 is 54.5 Å². The minimum absolute atomic E-state index is 0.0508. The molecule has 0 heterocycles. The third kappa shape index (κ3) is 3.40. The number of rotatable bonds is 4. The molecule has 0 saturated heterocycles. The third-order valence-corrected chi connectivity index (χ3v) is 3.59. The Bertz CT molecular complexity index is 404. The van der Waals surface area contributed by atoms with E-state index in [2.05, 4.69) is 31.9 Å². The van der Waals surface area contributed by atoms with Crippen molar-refractivity contribution in [2.45, 2.75) is 6.42 Å². The minimum atomic E-state index is -0.532.